The zero-order chi connectivity index (χ0) is 14.7. The van der Waals surface area contributed by atoms with E-state index in [9.17, 15) is 10.1 Å². The van der Waals surface area contributed by atoms with E-state index in [-0.39, 0.29) is 5.69 Å². The molecular weight excluding hydrogens is 276 g/mol. The predicted molar refractivity (Wildman–Crippen MR) is 80.8 cm³/mol. The highest BCUT2D eigenvalue weighted by Crippen LogP contribution is 2.30. The van der Waals surface area contributed by atoms with Crippen LogP contribution in [0, 0.1) is 24.0 Å². The van der Waals surface area contributed by atoms with Gasteiger partial charge in [-0.05, 0) is 37.6 Å². The maximum atomic E-state index is 11.1. The Hall–Kier alpha value is -2.08. The Morgan fingerprint density at radius 3 is 2.65 bits per heavy atom. The Labute approximate surface area is 121 Å². The van der Waals surface area contributed by atoms with Crippen molar-refractivity contribution in [3.05, 3.63) is 49.7 Å². The van der Waals surface area contributed by atoms with Gasteiger partial charge in [-0.3, -0.25) is 10.1 Å². The minimum Gasteiger partial charge on any atom is -0.496 e. The number of nitrogens with one attached hydrogen (secondary N) is 1. The van der Waals surface area contributed by atoms with Crippen molar-refractivity contribution in [3.8, 4) is 5.75 Å². The molecule has 0 saturated carbocycles. The van der Waals surface area contributed by atoms with Crippen molar-refractivity contribution in [2.24, 2.45) is 0 Å². The number of hydrogen-bond donors (Lipinski definition) is 1. The fraction of sp³-hybridized carbons (Fsp3) is 0.286. The number of rotatable bonds is 5. The molecule has 0 atom stereocenters. The summed E-state index contributed by atoms with van der Waals surface area (Å²) in [6.45, 7) is 4.71. The molecule has 20 heavy (non-hydrogen) atoms. The normalized spacial score (nSPS) is 10.3. The van der Waals surface area contributed by atoms with Crippen LogP contribution in [-0.2, 0) is 6.54 Å². The molecule has 0 fully saturated rings. The Balaban J connectivity index is 2.18. The molecule has 0 aliphatic rings. The van der Waals surface area contributed by atoms with Gasteiger partial charge in [0.05, 0.1) is 18.1 Å². The van der Waals surface area contributed by atoms with Crippen LogP contribution in [-0.4, -0.2) is 12.0 Å². The van der Waals surface area contributed by atoms with Crippen LogP contribution in [0.2, 0.25) is 0 Å². The van der Waals surface area contributed by atoms with Crippen molar-refractivity contribution < 1.29 is 9.66 Å². The second-order valence-electron chi connectivity index (χ2n) is 4.45. The smallest absolute Gasteiger partial charge is 0.296 e. The van der Waals surface area contributed by atoms with Crippen molar-refractivity contribution >= 4 is 22.7 Å². The monoisotopic (exact) mass is 292 g/mol. The SMILES string of the molecule is COc1ccc(NCc2cc(C)c(C)s2)c([N+](=O)[O-])c1. The molecule has 106 valence electrons. The molecule has 1 N–H and O–H groups in total. The van der Waals surface area contributed by atoms with Crippen LogP contribution >= 0.6 is 11.3 Å². The lowest BCUT2D eigenvalue weighted by Gasteiger charge is -2.07. The largest absolute Gasteiger partial charge is 0.496 e. The first kappa shape index (κ1) is 14.3. The van der Waals surface area contributed by atoms with Crippen molar-refractivity contribution in [1.82, 2.24) is 0 Å². The summed E-state index contributed by atoms with van der Waals surface area (Å²) >= 11 is 1.70. The van der Waals surface area contributed by atoms with Gasteiger partial charge in [-0.2, -0.15) is 0 Å². The van der Waals surface area contributed by atoms with Crippen LogP contribution < -0.4 is 10.1 Å². The van der Waals surface area contributed by atoms with Crippen molar-refractivity contribution in [3.63, 3.8) is 0 Å². The van der Waals surface area contributed by atoms with Crippen LogP contribution in [0.25, 0.3) is 0 Å². The zero-order valence-corrected chi connectivity index (χ0v) is 12.4. The number of nitro benzene ring substituents is 1. The minimum atomic E-state index is -0.407. The van der Waals surface area contributed by atoms with Crippen molar-refractivity contribution in [1.29, 1.82) is 0 Å². The van der Waals surface area contributed by atoms with Gasteiger partial charge in [0.15, 0.2) is 0 Å². The van der Waals surface area contributed by atoms with Gasteiger partial charge >= 0.3 is 0 Å². The molecule has 0 bridgehead atoms. The summed E-state index contributed by atoms with van der Waals surface area (Å²) in [7, 11) is 1.49. The fourth-order valence-electron chi connectivity index (χ4n) is 1.86. The Kier molecular flexibility index (Phi) is 4.24. The lowest BCUT2D eigenvalue weighted by molar-refractivity contribution is -0.384. The topological polar surface area (TPSA) is 64.4 Å². The third-order valence-corrected chi connectivity index (χ3v) is 4.22. The third kappa shape index (κ3) is 3.08. The number of thiophene rings is 1. The number of nitro groups is 1. The molecule has 2 aromatic rings. The van der Waals surface area contributed by atoms with E-state index in [1.807, 2.05) is 0 Å². The van der Waals surface area contributed by atoms with Crippen LogP contribution in [0.5, 0.6) is 5.75 Å². The van der Waals surface area contributed by atoms with Crippen LogP contribution in [0.3, 0.4) is 0 Å². The standard InChI is InChI=1S/C14H16N2O3S/c1-9-6-12(20-10(9)2)8-15-13-5-4-11(19-3)7-14(13)16(17)18/h4-7,15H,8H2,1-3H3. The number of nitrogens with zero attached hydrogens (tertiary/aromatic N) is 1. The van der Waals surface area contributed by atoms with Gasteiger partial charge < -0.3 is 10.1 Å². The summed E-state index contributed by atoms with van der Waals surface area (Å²) in [6.07, 6.45) is 0. The fourth-order valence-corrected chi connectivity index (χ4v) is 2.85. The van der Waals surface area contributed by atoms with Gasteiger partial charge in [-0.25, -0.2) is 0 Å². The number of aryl methyl sites for hydroxylation is 2. The molecule has 0 aliphatic heterocycles. The first-order valence-corrected chi connectivity index (χ1v) is 6.95. The van der Waals surface area contributed by atoms with Crippen LogP contribution in [0.1, 0.15) is 15.3 Å². The molecule has 1 aromatic heterocycles. The van der Waals surface area contributed by atoms with Gasteiger partial charge in [0, 0.05) is 16.3 Å². The summed E-state index contributed by atoms with van der Waals surface area (Å²) < 4.78 is 5.01. The Morgan fingerprint density at radius 2 is 2.10 bits per heavy atom. The molecule has 0 unspecified atom stereocenters. The highest BCUT2D eigenvalue weighted by molar-refractivity contribution is 7.12. The molecule has 5 nitrogen and oxygen atoms in total. The average Bonchev–Trinajstić information content (AvgIpc) is 2.75. The maximum Gasteiger partial charge on any atom is 0.296 e. The van der Waals surface area contributed by atoms with E-state index in [1.165, 1.54) is 23.6 Å². The summed E-state index contributed by atoms with van der Waals surface area (Å²) in [4.78, 5) is 13.1. The molecule has 1 heterocycles. The van der Waals surface area contributed by atoms with Gasteiger partial charge in [-0.1, -0.05) is 0 Å². The number of methoxy groups -OCH3 is 1. The molecule has 2 rings (SSSR count). The van der Waals surface area contributed by atoms with E-state index >= 15 is 0 Å². The third-order valence-electron chi connectivity index (χ3n) is 3.07. The van der Waals surface area contributed by atoms with E-state index in [0.29, 0.717) is 18.0 Å². The lowest BCUT2D eigenvalue weighted by Crippen LogP contribution is -2.01. The number of anilines is 1. The van der Waals surface area contributed by atoms with Gasteiger partial charge in [-0.15, -0.1) is 11.3 Å². The second-order valence-corrected chi connectivity index (χ2v) is 5.79. The molecule has 0 amide bonds. The van der Waals surface area contributed by atoms with Crippen molar-refractivity contribution in [2.75, 3.05) is 12.4 Å². The first-order valence-electron chi connectivity index (χ1n) is 6.13. The van der Waals surface area contributed by atoms with Crippen molar-refractivity contribution in [2.45, 2.75) is 20.4 Å². The maximum absolute atomic E-state index is 11.1. The quantitative estimate of drug-likeness (QED) is 0.670. The molecule has 6 heteroatoms. The van der Waals surface area contributed by atoms with Crippen LogP contribution in [0.4, 0.5) is 11.4 Å². The molecule has 0 spiro atoms. The predicted octanol–water partition coefficient (Wildman–Crippen LogP) is 3.89. The molecular formula is C14H16N2O3S. The van der Waals surface area contributed by atoms with Gasteiger partial charge in [0.25, 0.3) is 5.69 Å². The van der Waals surface area contributed by atoms with E-state index < -0.39 is 4.92 Å². The number of benzene rings is 1. The van der Waals surface area contributed by atoms with Crippen LogP contribution in [0.15, 0.2) is 24.3 Å². The average molecular weight is 292 g/mol. The highest BCUT2D eigenvalue weighted by atomic mass is 32.1. The Morgan fingerprint density at radius 1 is 1.35 bits per heavy atom. The number of hydrogen-bond acceptors (Lipinski definition) is 5. The van der Waals surface area contributed by atoms with Gasteiger partial charge in [0.2, 0.25) is 0 Å². The van der Waals surface area contributed by atoms with E-state index in [2.05, 4.69) is 25.2 Å². The molecule has 0 radical (unpaired) electrons. The van der Waals surface area contributed by atoms with E-state index in [4.69, 9.17) is 4.74 Å². The minimum absolute atomic E-state index is 0.0225. The first-order chi connectivity index (χ1) is 9.51. The summed E-state index contributed by atoms with van der Waals surface area (Å²) in [6, 6.07) is 6.90. The highest BCUT2D eigenvalue weighted by Gasteiger charge is 2.15. The second kappa shape index (κ2) is 5.92. The molecule has 0 aliphatic carbocycles. The molecule has 0 saturated heterocycles. The van der Waals surface area contributed by atoms with E-state index in [0.717, 1.165) is 4.88 Å². The summed E-state index contributed by atoms with van der Waals surface area (Å²) in [5.74, 6) is 0.477. The molecule has 1 aromatic carbocycles. The summed E-state index contributed by atoms with van der Waals surface area (Å²) in [5, 5.41) is 14.2. The summed E-state index contributed by atoms with van der Waals surface area (Å²) in [5.41, 5.74) is 1.77. The van der Waals surface area contributed by atoms with E-state index in [1.54, 1.807) is 23.5 Å². The number of ether oxygens (including phenoxy) is 1. The zero-order valence-electron chi connectivity index (χ0n) is 11.6. The Bertz CT molecular complexity index is 618. The lowest BCUT2D eigenvalue weighted by atomic mass is 10.2. The van der Waals surface area contributed by atoms with Gasteiger partial charge in [0.1, 0.15) is 11.4 Å².